The van der Waals surface area contributed by atoms with Crippen LogP contribution in [0.25, 0.3) is 0 Å². The molecule has 0 saturated carbocycles. The Bertz CT molecular complexity index is 347. The number of fused-ring (bicyclic) bond motifs is 1. The molecule has 2 rings (SSSR count). The zero-order valence-corrected chi connectivity index (χ0v) is 10.4. The van der Waals surface area contributed by atoms with E-state index in [9.17, 15) is 0 Å². The van der Waals surface area contributed by atoms with Gasteiger partial charge in [0, 0.05) is 14.6 Å². The van der Waals surface area contributed by atoms with Crippen LogP contribution < -0.4 is 5.73 Å². The van der Waals surface area contributed by atoms with E-state index in [0.717, 1.165) is 23.0 Å². The molecule has 13 heavy (non-hydrogen) atoms. The van der Waals surface area contributed by atoms with Gasteiger partial charge in [0.25, 0.3) is 0 Å². The normalized spacial score (nSPS) is 15.5. The van der Waals surface area contributed by atoms with Crippen molar-refractivity contribution < 1.29 is 0 Å². The highest BCUT2D eigenvalue weighted by Crippen LogP contribution is 2.36. The van der Waals surface area contributed by atoms with Crippen molar-refractivity contribution in [3.63, 3.8) is 0 Å². The quantitative estimate of drug-likeness (QED) is 0.727. The van der Waals surface area contributed by atoms with E-state index in [4.69, 9.17) is 5.73 Å². The van der Waals surface area contributed by atoms with Crippen LogP contribution in [-0.2, 0) is 12.8 Å². The summed E-state index contributed by atoms with van der Waals surface area (Å²) in [4.78, 5) is 0. The second-order valence-corrected chi connectivity index (χ2v) is 5.13. The molecule has 0 heterocycles. The molecule has 0 spiro atoms. The highest BCUT2D eigenvalue weighted by Gasteiger charge is 2.16. The van der Waals surface area contributed by atoms with Crippen LogP contribution in [0.3, 0.4) is 0 Å². The summed E-state index contributed by atoms with van der Waals surface area (Å²) in [6, 6.07) is 2.06. The number of anilines is 1. The third-order valence-corrected chi connectivity index (χ3v) is 3.96. The van der Waals surface area contributed by atoms with Crippen molar-refractivity contribution in [2.75, 3.05) is 5.73 Å². The van der Waals surface area contributed by atoms with Gasteiger partial charge in [-0.15, -0.1) is 0 Å². The number of halogens is 2. The molecule has 0 aromatic heterocycles. The fraction of sp³-hybridized carbons (Fsp3) is 0.400. The van der Waals surface area contributed by atoms with Gasteiger partial charge in [-0.3, -0.25) is 0 Å². The Morgan fingerprint density at radius 3 is 2.31 bits per heavy atom. The summed E-state index contributed by atoms with van der Waals surface area (Å²) >= 11 is 7.05. The van der Waals surface area contributed by atoms with Gasteiger partial charge in [0.2, 0.25) is 0 Å². The van der Waals surface area contributed by atoms with Gasteiger partial charge >= 0.3 is 0 Å². The maximum atomic E-state index is 6.00. The van der Waals surface area contributed by atoms with Crippen LogP contribution in [0, 0.1) is 0 Å². The lowest BCUT2D eigenvalue weighted by atomic mass is 9.91. The van der Waals surface area contributed by atoms with Crippen LogP contribution in [0.4, 0.5) is 5.69 Å². The van der Waals surface area contributed by atoms with E-state index in [1.54, 1.807) is 0 Å². The van der Waals surface area contributed by atoms with E-state index in [1.807, 2.05) is 0 Å². The number of rotatable bonds is 0. The molecule has 1 aliphatic carbocycles. The predicted molar refractivity (Wildman–Crippen MR) is 62.9 cm³/mol. The zero-order valence-electron chi connectivity index (χ0n) is 7.24. The molecule has 3 heteroatoms. The van der Waals surface area contributed by atoms with E-state index >= 15 is 0 Å². The molecule has 1 aromatic rings. The first-order valence-electron chi connectivity index (χ1n) is 4.45. The molecule has 0 amide bonds. The van der Waals surface area contributed by atoms with Crippen molar-refractivity contribution >= 4 is 37.5 Å². The van der Waals surface area contributed by atoms with Crippen molar-refractivity contribution in [2.45, 2.75) is 25.7 Å². The van der Waals surface area contributed by atoms with Crippen LogP contribution >= 0.6 is 31.9 Å². The van der Waals surface area contributed by atoms with Crippen molar-refractivity contribution in [1.82, 2.24) is 0 Å². The first kappa shape index (κ1) is 9.53. The number of benzene rings is 1. The zero-order chi connectivity index (χ0) is 9.42. The van der Waals surface area contributed by atoms with Gasteiger partial charge < -0.3 is 5.73 Å². The van der Waals surface area contributed by atoms with Gasteiger partial charge in [-0.25, -0.2) is 0 Å². The standard InChI is InChI=1S/C10H11Br2N/c11-8-5-9(12)10(13)7-4-2-1-3-6(7)8/h5H,1-4,13H2. The maximum absolute atomic E-state index is 6.00. The number of nitrogen functional groups attached to an aromatic ring is 1. The first-order valence-corrected chi connectivity index (χ1v) is 6.04. The molecule has 0 fully saturated rings. The molecule has 0 atom stereocenters. The summed E-state index contributed by atoms with van der Waals surface area (Å²) in [6.45, 7) is 0. The molecule has 0 saturated heterocycles. The average molecular weight is 305 g/mol. The highest BCUT2D eigenvalue weighted by atomic mass is 79.9. The van der Waals surface area contributed by atoms with Crippen LogP contribution in [0.5, 0.6) is 0 Å². The molecular weight excluding hydrogens is 294 g/mol. The van der Waals surface area contributed by atoms with E-state index in [1.165, 1.54) is 28.4 Å². The van der Waals surface area contributed by atoms with Gasteiger partial charge in [-0.1, -0.05) is 15.9 Å². The number of hydrogen-bond acceptors (Lipinski definition) is 1. The summed E-state index contributed by atoms with van der Waals surface area (Å²) < 4.78 is 2.21. The molecule has 0 radical (unpaired) electrons. The fourth-order valence-corrected chi connectivity index (χ4v) is 3.33. The molecular formula is C10H11Br2N. The number of nitrogens with two attached hydrogens (primary N) is 1. The van der Waals surface area contributed by atoms with E-state index in [0.29, 0.717) is 0 Å². The lowest BCUT2D eigenvalue weighted by Gasteiger charge is -2.20. The van der Waals surface area contributed by atoms with Crippen LogP contribution in [0.15, 0.2) is 15.0 Å². The fourth-order valence-electron chi connectivity index (χ4n) is 1.89. The lowest BCUT2D eigenvalue weighted by Crippen LogP contribution is -2.07. The van der Waals surface area contributed by atoms with Crippen molar-refractivity contribution in [1.29, 1.82) is 0 Å². The highest BCUT2D eigenvalue weighted by molar-refractivity contribution is 9.11. The molecule has 2 N–H and O–H groups in total. The molecule has 0 bridgehead atoms. The Morgan fingerprint density at radius 1 is 1.00 bits per heavy atom. The van der Waals surface area contributed by atoms with Gasteiger partial charge in [-0.05, 0) is 58.8 Å². The van der Waals surface area contributed by atoms with Gasteiger partial charge in [0.1, 0.15) is 0 Å². The molecule has 70 valence electrons. The van der Waals surface area contributed by atoms with E-state index < -0.39 is 0 Å². The van der Waals surface area contributed by atoms with Crippen LogP contribution in [0.2, 0.25) is 0 Å². The summed E-state index contributed by atoms with van der Waals surface area (Å²) in [7, 11) is 0. The van der Waals surface area contributed by atoms with Gasteiger partial charge in [0.15, 0.2) is 0 Å². The largest absolute Gasteiger partial charge is 0.398 e. The van der Waals surface area contributed by atoms with Crippen molar-refractivity contribution in [3.8, 4) is 0 Å². The topological polar surface area (TPSA) is 26.0 Å². The van der Waals surface area contributed by atoms with Crippen LogP contribution in [-0.4, -0.2) is 0 Å². The Hall–Kier alpha value is -0.0200. The Balaban J connectivity index is 2.63. The molecule has 1 nitrogen and oxygen atoms in total. The molecule has 1 aromatic carbocycles. The minimum Gasteiger partial charge on any atom is -0.398 e. The molecule has 0 unspecified atom stereocenters. The minimum atomic E-state index is 0.929. The SMILES string of the molecule is Nc1c(Br)cc(Br)c2c1CCCC2. The third kappa shape index (κ3) is 1.64. The summed E-state index contributed by atoms with van der Waals surface area (Å²) in [5, 5.41) is 0. The van der Waals surface area contributed by atoms with Crippen molar-refractivity contribution in [3.05, 3.63) is 26.1 Å². The number of hydrogen-bond donors (Lipinski definition) is 1. The van der Waals surface area contributed by atoms with Gasteiger partial charge in [-0.2, -0.15) is 0 Å². The van der Waals surface area contributed by atoms with E-state index in [2.05, 4.69) is 37.9 Å². The second-order valence-electron chi connectivity index (χ2n) is 3.42. The smallest absolute Gasteiger partial charge is 0.0494 e. The maximum Gasteiger partial charge on any atom is 0.0494 e. The third-order valence-electron chi connectivity index (χ3n) is 2.59. The Labute approximate surface area is 95.0 Å². The first-order chi connectivity index (χ1) is 6.20. The van der Waals surface area contributed by atoms with Crippen LogP contribution in [0.1, 0.15) is 24.0 Å². The summed E-state index contributed by atoms with van der Waals surface area (Å²) in [5.41, 5.74) is 9.68. The monoisotopic (exact) mass is 303 g/mol. The van der Waals surface area contributed by atoms with E-state index in [-0.39, 0.29) is 0 Å². The Kier molecular flexibility index (Phi) is 2.65. The van der Waals surface area contributed by atoms with Crippen molar-refractivity contribution in [2.24, 2.45) is 0 Å². The minimum absolute atomic E-state index is 0.929. The Morgan fingerprint density at radius 2 is 1.62 bits per heavy atom. The summed E-state index contributed by atoms with van der Waals surface area (Å²) in [5.74, 6) is 0. The van der Waals surface area contributed by atoms with Gasteiger partial charge in [0.05, 0.1) is 0 Å². The predicted octanol–water partition coefficient (Wildman–Crippen LogP) is 3.67. The summed E-state index contributed by atoms with van der Waals surface area (Å²) in [6.07, 6.45) is 4.83. The molecule has 0 aliphatic heterocycles. The second kappa shape index (κ2) is 3.62. The average Bonchev–Trinajstić information content (AvgIpc) is 2.15. The molecule has 1 aliphatic rings. The lowest BCUT2D eigenvalue weighted by molar-refractivity contribution is 0.684.